The van der Waals surface area contributed by atoms with Crippen LogP contribution in [0.1, 0.15) is 31.2 Å². The van der Waals surface area contributed by atoms with Crippen LogP contribution < -0.4 is 11.1 Å². The van der Waals surface area contributed by atoms with Crippen LogP contribution in [0.5, 0.6) is 0 Å². The van der Waals surface area contributed by atoms with Crippen molar-refractivity contribution in [2.24, 2.45) is 11.7 Å². The number of anilines is 1. The largest absolute Gasteiger partial charge is 0.360 e. The molecule has 1 aromatic rings. The smallest absolute Gasteiger partial charge is 0.205 e. The van der Waals surface area contributed by atoms with E-state index in [9.17, 15) is 0 Å². The van der Waals surface area contributed by atoms with Crippen LogP contribution >= 0.6 is 11.3 Å². The van der Waals surface area contributed by atoms with Crippen molar-refractivity contribution in [2.45, 2.75) is 33.1 Å². The average molecular weight is 228 g/mol. The highest BCUT2D eigenvalue weighted by Gasteiger charge is 2.07. The normalized spacial score (nSPS) is 12.7. The minimum absolute atomic E-state index is 0.657. The van der Waals surface area contributed by atoms with E-state index in [1.807, 2.05) is 6.92 Å². The van der Waals surface area contributed by atoms with Gasteiger partial charge in [0.25, 0.3) is 0 Å². The van der Waals surface area contributed by atoms with Crippen LogP contribution in [0.2, 0.25) is 0 Å². The van der Waals surface area contributed by atoms with Crippen LogP contribution in [0.15, 0.2) is 0 Å². The van der Waals surface area contributed by atoms with Crippen LogP contribution in [-0.2, 0) is 0 Å². The molecule has 1 unspecified atom stereocenters. The van der Waals surface area contributed by atoms with E-state index in [1.165, 1.54) is 12.8 Å². The molecule has 0 saturated heterocycles. The highest BCUT2D eigenvalue weighted by atomic mass is 32.1. The lowest BCUT2D eigenvalue weighted by Crippen LogP contribution is -2.17. The molecule has 0 aliphatic carbocycles. The van der Waals surface area contributed by atoms with Gasteiger partial charge in [-0.05, 0) is 32.2 Å². The third kappa shape index (κ3) is 4.57. The molecule has 0 aromatic carbocycles. The Morgan fingerprint density at radius 1 is 1.40 bits per heavy atom. The molecule has 0 saturated carbocycles. The summed E-state index contributed by atoms with van der Waals surface area (Å²) in [6, 6.07) is 0. The maximum Gasteiger partial charge on any atom is 0.205 e. The monoisotopic (exact) mass is 228 g/mol. The van der Waals surface area contributed by atoms with Gasteiger partial charge in [0.1, 0.15) is 5.01 Å². The van der Waals surface area contributed by atoms with Crippen molar-refractivity contribution in [1.82, 2.24) is 10.2 Å². The molecule has 15 heavy (non-hydrogen) atoms. The lowest BCUT2D eigenvalue weighted by Gasteiger charge is -2.14. The molecule has 3 N–H and O–H groups in total. The Morgan fingerprint density at radius 2 is 2.20 bits per heavy atom. The van der Waals surface area contributed by atoms with Crippen molar-refractivity contribution in [3.05, 3.63) is 5.01 Å². The topological polar surface area (TPSA) is 63.8 Å². The van der Waals surface area contributed by atoms with Crippen LogP contribution in [0.4, 0.5) is 5.13 Å². The number of aryl methyl sites for hydroxylation is 1. The van der Waals surface area contributed by atoms with E-state index in [1.54, 1.807) is 11.3 Å². The van der Waals surface area contributed by atoms with Crippen LogP contribution in [0.3, 0.4) is 0 Å². The molecule has 1 atom stereocenters. The van der Waals surface area contributed by atoms with E-state index in [4.69, 9.17) is 5.73 Å². The molecular weight excluding hydrogens is 208 g/mol. The predicted octanol–water partition coefficient (Wildman–Crippen LogP) is 2.02. The quantitative estimate of drug-likeness (QED) is 0.749. The Kier molecular flexibility index (Phi) is 5.57. The van der Waals surface area contributed by atoms with Crippen molar-refractivity contribution in [1.29, 1.82) is 0 Å². The second-order valence-electron chi connectivity index (χ2n) is 3.74. The third-order valence-electron chi connectivity index (χ3n) is 2.34. The Balaban J connectivity index is 2.32. The second kappa shape index (κ2) is 6.74. The van der Waals surface area contributed by atoms with Crippen molar-refractivity contribution < 1.29 is 0 Å². The zero-order valence-electron chi connectivity index (χ0n) is 9.49. The highest BCUT2D eigenvalue weighted by molar-refractivity contribution is 7.15. The molecule has 0 fully saturated rings. The minimum atomic E-state index is 0.657. The summed E-state index contributed by atoms with van der Waals surface area (Å²) in [7, 11) is 0. The minimum Gasteiger partial charge on any atom is -0.360 e. The van der Waals surface area contributed by atoms with Crippen molar-refractivity contribution in [2.75, 3.05) is 18.4 Å². The molecular formula is C10H20N4S. The van der Waals surface area contributed by atoms with E-state index < -0.39 is 0 Å². The molecule has 5 heteroatoms. The third-order valence-corrected chi connectivity index (χ3v) is 3.14. The fraction of sp³-hybridized carbons (Fsp3) is 0.800. The number of nitrogens with zero attached hydrogens (tertiary/aromatic N) is 2. The Labute approximate surface area is 95.3 Å². The number of nitrogens with two attached hydrogens (primary N) is 1. The zero-order chi connectivity index (χ0) is 11.1. The van der Waals surface area contributed by atoms with Gasteiger partial charge in [0, 0.05) is 6.54 Å². The predicted molar refractivity (Wildman–Crippen MR) is 65.2 cm³/mol. The Bertz CT molecular complexity index is 268. The molecule has 0 amide bonds. The lowest BCUT2D eigenvalue weighted by atomic mass is 10.00. The Hall–Kier alpha value is -0.680. The summed E-state index contributed by atoms with van der Waals surface area (Å²) in [4.78, 5) is 0. The van der Waals surface area contributed by atoms with Gasteiger partial charge in [-0.25, -0.2) is 0 Å². The summed E-state index contributed by atoms with van der Waals surface area (Å²) >= 11 is 1.60. The summed E-state index contributed by atoms with van der Waals surface area (Å²) in [6.07, 6.45) is 3.52. The fourth-order valence-corrected chi connectivity index (χ4v) is 2.19. The number of aromatic nitrogens is 2. The molecule has 1 heterocycles. The molecule has 0 aliphatic heterocycles. The fourth-order valence-electron chi connectivity index (χ4n) is 1.59. The first-order chi connectivity index (χ1) is 7.26. The van der Waals surface area contributed by atoms with E-state index in [0.29, 0.717) is 5.92 Å². The van der Waals surface area contributed by atoms with Crippen molar-refractivity contribution in [3.63, 3.8) is 0 Å². The first kappa shape index (κ1) is 12.4. The maximum absolute atomic E-state index is 5.58. The van der Waals surface area contributed by atoms with Gasteiger partial charge in [0.05, 0.1) is 0 Å². The number of hydrogen-bond acceptors (Lipinski definition) is 5. The van der Waals surface area contributed by atoms with Gasteiger partial charge >= 0.3 is 0 Å². The molecule has 1 aromatic heterocycles. The van der Waals surface area contributed by atoms with Crippen LogP contribution in [-0.4, -0.2) is 23.3 Å². The molecule has 86 valence electrons. The van der Waals surface area contributed by atoms with Crippen LogP contribution in [0, 0.1) is 12.8 Å². The molecule has 0 radical (unpaired) electrons. The van der Waals surface area contributed by atoms with Gasteiger partial charge < -0.3 is 11.1 Å². The van der Waals surface area contributed by atoms with Crippen molar-refractivity contribution >= 4 is 16.5 Å². The van der Waals surface area contributed by atoms with Gasteiger partial charge in [-0.15, -0.1) is 10.2 Å². The average Bonchev–Trinajstić information content (AvgIpc) is 2.61. The summed E-state index contributed by atoms with van der Waals surface area (Å²) in [5.41, 5.74) is 5.58. The first-order valence-corrected chi connectivity index (χ1v) is 6.32. The van der Waals surface area contributed by atoms with Gasteiger partial charge in [-0.3, -0.25) is 0 Å². The zero-order valence-corrected chi connectivity index (χ0v) is 10.3. The summed E-state index contributed by atoms with van der Waals surface area (Å²) < 4.78 is 0. The van der Waals surface area contributed by atoms with E-state index >= 15 is 0 Å². The van der Waals surface area contributed by atoms with Gasteiger partial charge in [0.15, 0.2) is 0 Å². The van der Waals surface area contributed by atoms with E-state index in [-0.39, 0.29) is 0 Å². The molecule has 0 bridgehead atoms. The lowest BCUT2D eigenvalue weighted by molar-refractivity contribution is 0.473. The maximum atomic E-state index is 5.58. The molecule has 0 aliphatic rings. The number of hydrogen-bond donors (Lipinski definition) is 2. The second-order valence-corrected chi connectivity index (χ2v) is 4.92. The first-order valence-electron chi connectivity index (χ1n) is 5.50. The van der Waals surface area contributed by atoms with Gasteiger partial charge in [-0.2, -0.15) is 0 Å². The summed E-state index contributed by atoms with van der Waals surface area (Å²) in [6.45, 7) is 5.89. The summed E-state index contributed by atoms with van der Waals surface area (Å²) in [5, 5.41) is 13.3. The van der Waals surface area contributed by atoms with Crippen molar-refractivity contribution in [3.8, 4) is 0 Å². The van der Waals surface area contributed by atoms with E-state index in [0.717, 1.165) is 29.6 Å². The molecule has 1 rings (SSSR count). The number of nitrogens with one attached hydrogen (secondary N) is 1. The van der Waals surface area contributed by atoms with Crippen LogP contribution in [0.25, 0.3) is 0 Å². The highest BCUT2D eigenvalue weighted by Crippen LogP contribution is 2.16. The summed E-state index contributed by atoms with van der Waals surface area (Å²) in [5.74, 6) is 0.657. The van der Waals surface area contributed by atoms with Gasteiger partial charge in [0.2, 0.25) is 5.13 Å². The van der Waals surface area contributed by atoms with E-state index in [2.05, 4.69) is 22.4 Å². The SMILES string of the molecule is CCCC(CCN)CNc1nnc(C)s1. The van der Waals surface area contributed by atoms with Gasteiger partial charge in [-0.1, -0.05) is 24.7 Å². The molecule has 4 nitrogen and oxygen atoms in total. The standard InChI is InChI=1S/C10H20N4S/c1-3-4-9(5-6-11)7-12-10-14-13-8(2)15-10/h9H,3-7,11H2,1-2H3,(H,12,14). The molecule has 0 spiro atoms. The Morgan fingerprint density at radius 3 is 2.73 bits per heavy atom. The number of rotatable bonds is 7.